The van der Waals surface area contributed by atoms with E-state index < -0.39 is 5.91 Å². The Morgan fingerprint density at radius 2 is 1.85 bits per heavy atom. The van der Waals surface area contributed by atoms with E-state index in [1.807, 2.05) is 37.3 Å². The number of carbonyl (C=O) groups is 1. The van der Waals surface area contributed by atoms with Crippen LogP contribution in [-0.4, -0.2) is 30.9 Å². The monoisotopic (exact) mass is 364 g/mol. The zero-order chi connectivity index (χ0) is 19.2. The van der Waals surface area contributed by atoms with Gasteiger partial charge in [-0.05, 0) is 42.0 Å². The Morgan fingerprint density at radius 1 is 1.11 bits per heavy atom. The molecule has 3 aromatic rings. The van der Waals surface area contributed by atoms with Gasteiger partial charge < -0.3 is 14.6 Å². The molecule has 0 fully saturated rings. The number of ether oxygens (including phenoxy) is 2. The van der Waals surface area contributed by atoms with Gasteiger partial charge in [-0.2, -0.15) is 5.10 Å². The first-order valence-corrected chi connectivity index (χ1v) is 8.49. The van der Waals surface area contributed by atoms with Gasteiger partial charge in [0, 0.05) is 5.56 Å². The number of para-hydroxylation sites is 1. The van der Waals surface area contributed by atoms with Crippen molar-refractivity contribution in [1.82, 2.24) is 5.43 Å². The Bertz CT molecular complexity index is 999. The molecule has 2 N–H and O–H groups in total. The number of hydrazone groups is 1. The van der Waals surface area contributed by atoms with Gasteiger partial charge in [-0.25, -0.2) is 5.43 Å². The van der Waals surface area contributed by atoms with Crippen LogP contribution in [0.25, 0.3) is 10.8 Å². The molecule has 27 heavy (non-hydrogen) atoms. The van der Waals surface area contributed by atoms with E-state index in [9.17, 15) is 9.90 Å². The van der Waals surface area contributed by atoms with Gasteiger partial charge in [0.1, 0.15) is 5.75 Å². The fourth-order valence-corrected chi connectivity index (χ4v) is 2.70. The van der Waals surface area contributed by atoms with Crippen LogP contribution in [0.4, 0.5) is 0 Å². The molecule has 0 aliphatic rings. The van der Waals surface area contributed by atoms with Gasteiger partial charge >= 0.3 is 0 Å². The van der Waals surface area contributed by atoms with Gasteiger partial charge in [0.25, 0.3) is 5.91 Å². The Hall–Kier alpha value is -3.54. The second-order valence-corrected chi connectivity index (χ2v) is 5.73. The van der Waals surface area contributed by atoms with E-state index in [1.54, 1.807) is 24.3 Å². The van der Waals surface area contributed by atoms with Crippen LogP contribution in [0.2, 0.25) is 0 Å². The van der Waals surface area contributed by atoms with Crippen molar-refractivity contribution in [3.63, 3.8) is 0 Å². The third-order valence-electron chi connectivity index (χ3n) is 4.01. The highest BCUT2D eigenvalue weighted by molar-refractivity contribution is 6.02. The molecule has 0 aliphatic carbocycles. The summed E-state index contributed by atoms with van der Waals surface area (Å²) in [5.41, 5.74) is 3.28. The normalized spacial score (nSPS) is 10.9. The molecule has 3 rings (SSSR count). The minimum atomic E-state index is -0.408. The molecule has 1 amide bonds. The molecule has 0 aromatic heterocycles. The predicted molar refractivity (Wildman–Crippen MR) is 105 cm³/mol. The number of phenolic OH excluding ortho intramolecular Hbond substituents is 1. The van der Waals surface area contributed by atoms with Crippen molar-refractivity contribution in [2.45, 2.75) is 6.92 Å². The van der Waals surface area contributed by atoms with Crippen molar-refractivity contribution < 1.29 is 19.4 Å². The van der Waals surface area contributed by atoms with E-state index in [0.29, 0.717) is 29.2 Å². The molecule has 0 aliphatic heterocycles. The summed E-state index contributed by atoms with van der Waals surface area (Å²) < 4.78 is 10.7. The molecule has 6 heteroatoms. The summed E-state index contributed by atoms with van der Waals surface area (Å²) in [5, 5.41) is 16.0. The second kappa shape index (κ2) is 8.23. The lowest BCUT2D eigenvalue weighted by atomic mass is 10.1. The van der Waals surface area contributed by atoms with Gasteiger partial charge in [0.15, 0.2) is 11.5 Å². The first-order chi connectivity index (χ1) is 13.1. The maximum Gasteiger partial charge on any atom is 0.275 e. The minimum Gasteiger partial charge on any atom is -0.504 e. The van der Waals surface area contributed by atoms with Crippen molar-refractivity contribution >= 4 is 22.9 Å². The predicted octanol–water partition coefficient (Wildman–Crippen LogP) is 3.72. The van der Waals surface area contributed by atoms with Gasteiger partial charge in [0.2, 0.25) is 0 Å². The van der Waals surface area contributed by atoms with E-state index >= 15 is 0 Å². The summed E-state index contributed by atoms with van der Waals surface area (Å²) in [6.45, 7) is 2.27. The van der Waals surface area contributed by atoms with Crippen LogP contribution >= 0.6 is 0 Å². The molecule has 0 heterocycles. The van der Waals surface area contributed by atoms with E-state index in [4.69, 9.17) is 9.47 Å². The molecule has 0 unspecified atom stereocenters. The number of carbonyl (C=O) groups excluding carboxylic acids is 1. The average Bonchev–Trinajstić information content (AvgIpc) is 2.69. The number of benzene rings is 3. The molecule has 0 atom stereocenters. The number of aromatic hydroxyl groups is 1. The summed E-state index contributed by atoms with van der Waals surface area (Å²) in [7, 11) is 1.52. The van der Waals surface area contributed by atoms with Crippen LogP contribution in [0.5, 0.6) is 17.2 Å². The highest BCUT2D eigenvalue weighted by Gasteiger charge is 2.13. The molecular formula is C21H20N2O4. The number of hydrogen-bond acceptors (Lipinski definition) is 5. The lowest BCUT2D eigenvalue weighted by molar-refractivity contribution is 0.0952. The summed E-state index contributed by atoms with van der Waals surface area (Å²) in [5.74, 6) is 0.390. The van der Waals surface area contributed by atoms with Gasteiger partial charge in [-0.3, -0.25) is 4.79 Å². The average molecular weight is 364 g/mol. The topological polar surface area (TPSA) is 80.2 Å². The number of nitrogens with zero attached hydrogens (tertiary/aromatic N) is 1. The summed E-state index contributed by atoms with van der Waals surface area (Å²) in [6.07, 6.45) is 1.36. The second-order valence-electron chi connectivity index (χ2n) is 5.73. The van der Waals surface area contributed by atoms with Crippen LogP contribution in [-0.2, 0) is 0 Å². The van der Waals surface area contributed by atoms with Crippen molar-refractivity contribution in [3.05, 3.63) is 65.7 Å². The molecule has 0 spiro atoms. The molecule has 6 nitrogen and oxygen atoms in total. The molecule has 0 saturated heterocycles. The Morgan fingerprint density at radius 3 is 2.56 bits per heavy atom. The minimum absolute atomic E-state index is 0.0272. The zero-order valence-corrected chi connectivity index (χ0v) is 15.1. The van der Waals surface area contributed by atoms with Crippen molar-refractivity contribution in [2.24, 2.45) is 5.10 Å². The van der Waals surface area contributed by atoms with Crippen molar-refractivity contribution in [1.29, 1.82) is 0 Å². The fraction of sp³-hybridized carbons (Fsp3) is 0.143. The smallest absolute Gasteiger partial charge is 0.275 e. The SMILES string of the molecule is CCOc1cccc(/C=N\NC(=O)c2cc3ccccc3cc2OC)c1O. The van der Waals surface area contributed by atoms with Crippen molar-refractivity contribution in [3.8, 4) is 17.2 Å². The van der Waals surface area contributed by atoms with Crippen LogP contribution in [0.15, 0.2) is 59.7 Å². The summed E-state index contributed by atoms with van der Waals surface area (Å²) in [6, 6.07) is 16.3. The Labute approximate surface area is 157 Å². The number of rotatable bonds is 6. The first-order valence-electron chi connectivity index (χ1n) is 8.49. The largest absolute Gasteiger partial charge is 0.504 e. The van der Waals surface area contributed by atoms with Crippen LogP contribution in [0.3, 0.4) is 0 Å². The Kier molecular flexibility index (Phi) is 5.56. The maximum absolute atomic E-state index is 12.5. The van der Waals surface area contributed by atoms with Gasteiger partial charge in [0.05, 0.1) is 25.5 Å². The summed E-state index contributed by atoms with van der Waals surface area (Å²) in [4.78, 5) is 12.5. The number of phenols is 1. The molecule has 0 bridgehead atoms. The quantitative estimate of drug-likeness (QED) is 0.516. The number of hydrogen-bond donors (Lipinski definition) is 2. The lowest BCUT2D eigenvalue weighted by Crippen LogP contribution is -2.18. The number of nitrogens with one attached hydrogen (secondary N) is 1. The third-order valence-corrected chi connectivity index (χ3v) is 4.01. The van der Waals surface area contributed by atoms with E-state index in [0.717, 1.165) is 10.8 Å². The third kappa shape index (κ3) is 4.00. The molecular weight excluding hydrogens is 344 g/mol. The zero-order valence-electron chi connectivity index (χ0n) is 15.1. The lowest BCUT2D eigenvalue weighted by Gasteiger charge is -2.09. The molecule has 0 radical (unpaired) electrons. The highest BCUT2D eigenvalue weighted by atomic mass is 16.5. The standard InChI is InChI=1S/C21H20N2O4/c1-3-27-18-10-6-9-16(20(18)24)13-22-23-21(25)17-11-14-7-4-5-8-15(14)12-19(17)26-2/h4-13,24H,3H2,1-2H3,(H,23,25)/b22-13-. The highest BCUT2D eigenvalue weighted by Crippen LogP contribution is 2.29. The Balaban J connectivity index is 1.81. The summed E-state index contributed by atoms with van der Waals surface area (Å²) >= 11 is 0. The number of amides is 1. The van der Waals surface area contributed by atoms with E-state index in [2.05, 4.69) is 10.5 Å². The van der Waals surface area contributed by atoms with Crippen molar-refractivity contribution in [2.75, 3.05) is 13.7 Å². The van der Waals surface area contributed by atoms with E-state index in [-0.39, 0.29) is 5.75 Å². The maximum atomic E-state index is 12.5. The number of fused-ring (bicyclic) bond motifs is 1. The van der Waals surface area contributed by atoms with Crippen LogP contribution < -0.4 is 14.9 Å². The van der Waals surface area contributed by atoms with Crippen LogP contribution in [0, 0.1) is 0 Å². The van der Waals surface area contributed by atoms with E-state index in [1.165, 1.54) is 13.3 Å². The molecule has 3 aromatic carbocycles. The number of methoxy groups -OCH3 is 1. The van der Waals surface area contributed by atoms with Gasteiger partial charge in [-0.1, -0.05) is 30.3 Å². The van der Waals surface area contributed by atoms with Gasteiger partial charge in [-0.15, -0.1) is 0 Å². The van der Waals surface area contributed by atoms with Crippen LogP contribution in [0.1, 0.15) is 22.8 Å². The molecule has 138 valence electrons. The molecule has 0 saturated carbocycles. The fourth-order valence-electron chi connectivity index (χ4n) is 2.70. The first kappa shape index (κ1) is 18.3.